The molecule has 5 heteroatoms. The predicted molar refractivity (Wildman–Crippen MR) is 66.3 cm³/mol. The minimum Gasteiger partial charge on any atom is -0.477 e. The van der Waals surface area contributed by atoms with Crippen LogP contribution in [0.4, 0.5) is 0 Å². The standard InChI is InChI=1S/C12H17NO3S/c14-7-9-2-1-3-10(9)13-6-8-4-5-17-11(8)12(15)16/h4-5,9-10,13-14H,1-3,6-7H2,(H,15,16). The van der Waals surface area contributed by atoms with Gasteiger partial charge in [0.2, 0.25) is 0 Å². The SMILES string of the molecule is O=C(O)c1sccc1CNC1CCCC1CO. The lowest BCUT2D eigenvalue weighted by Crippen LogP contribution is -2.33. The van der Waals surface area contributed by atoms with Gasteiger partial charge in [0.25, 0.3) is 0 Å². The van der Waals surface area contributed by atoms with Crippen LogP contribution >= 0.6 is 11.3 Å². The molecule has 0 radical (unpaired) electrons. The Labute approximate surface area is 104 Å². The smallest absolute Gasteiger partial charge is 0.346 e. The van der Waals surface area contributed by atoms with Crippen LogP contribution in [0, 0.1) is 5.92 Å². The number of aliphatic hydroxyl groups excluding tert-OH is 1. The molecule has 0 spiro atoms. The van der Waals surface area contributed by atoms with Crippen LogP contribution < -0.4 is 5.32 Å². The molecule has 0 amide bonds. The average Bonchev–Trinajstić information content (AvgIpc) is 2.94. The van der Waals surface area contributed by atoms with E-state index in [2.05, 4.69) is 5.32 Å². The van der Waals surface area contributed by atoms with Crippen LogP contribution in [0.5, 0.6) is 0 Å². The summed E-state index contributed by atoms with van der Waals surface area (Å²) >= 11 is 1.26. The van der Waals surface area contributed by atoms with Crippen molar-refractivity contribution in [2.75, 3.05) is 6.61 Å². The molecule has 2 unspecified atom stereocenters. The molecule has 1 aromatic rings. The lowest BCUT2D eigenvalue weighted by atomic mass is 10.0. The Morgan fingerprint density at radius 3 is 3.06 bits per heavy atom. The normalized spacial score (nSPS) is 24.1. The molecule has 1 aliphatic rings. The Bertz CT molecular complexity index is 391. The molecule has 1 aliphatic carbocycles. The first-order valence-electron chi connectivity index (χ1n) is 5.86. The number of aromatic carboxylic acids is 1. The zero-order chi connectivity index (χ0) is 12.3. The Hall–Kier alpha value is -0.910. The number of rotatable bonds is 5. The van der Waals surface area contributed by atoms with Gasteiger partial charge in [-0.25, -0.2) is 4.79 Å². The maximum Gasteiger partial charge on any atom is 0.346 e. The van der Waals surface area contributed by atoms with E-state index in [1.54, 1.807) is 5.38 Å². The number of nitrogens with one attached hydrogen (secondary N) is 1. The number of thiophene rings is 1. The predicted octanol–water partition coefficient (Wildman–Crippen LogP) is 1.70. The lowest BCUT2D eigenvalue weighted by molar-refractivity contribution is 0.0700. The molecule has 2 atom stereocenters. The van der Waals surface area contributed by atoms with E-state index in [4.69, 9.17) is 5.11 Å². The van der Waals surface area contributed by atoms with E-state index in [0.717, 1.165) is 24.8 Å². The van der Waals surface area contributed by atoms with Crippen LogP contribution in [0.1, 0.15) is 34.5 Å². The molecule has 0 aliphatic heterocycles. The van der Waals surface area contributed by atoms with Crippen LogP contribution in [-0.4, -0.2) is 28.8 Å². The Morgan fingerprint density at radius 2 is 2.35 bits per heavy atom. The van der Waals surface area contributed by atoms with Crippen molar-refractivity contribution in [3.05, 3.63) is 21.9 Å². The summed E-state index contributed by atoms with van der Waals surface area (Å²) in [6.07, 6.45) is 3.26. The van der Waals surface area contributed by atoms with Gasteiger partial charge in [0.15, 0.2) is 0 Å². The van der Waals surface area contributed by atoms with Gasteiger partial charge in [-0.2, -0.15) is 0 Å². The van der Waals surface area contributed by atoms with Crippen molar-refractivity contribution in [3.63, 3.8) is 0 Å². The summed E-state index contributed by atoms with van der Waals surface area (Å²) in [6.45, 7) is 0.791. The fourth-order valence-electron chi connectivity index (χ4n) is 2.43. The molecular formula is C12H17NO3S. The highest BCUT2D eigenvalue weighted by molar-refractivity contribution is 7.12. The molecule has 1 aromatic heterocycles. The summed E-state index contributed by atoms with van der Waals surface area (Å²) in [4.78, 5) is 11.4. The van der Waals surface area contributed by atoms with Gasteiger partial charge in [0.05, 0.1) is 0 Å². The van der Waals surface area contributed by atoms with Gasteiger partial charge in [0.1, 0.15) is 4.88 Å². The maximum atomic E-state index is 10.9. The number of aliphatic hydroxyl groups is 1. The summed E-state index contributed by atoms with van der Waals surface area (Å²) in [7, 11) is 0. The van der Waals surface area contributed by atoms with Gasteiger partial charge in [-0.05, 0) is 35.8 Å². The van der Waals surface area contributed by atoms with E-state index in [1.807, 2.05) is 6.07 Å². The molecular weight excluding hydrogens is 238 g/mol. The summed E-state index contributed by atoms with van der Waals surface area (Å²) in [5, 5.41) is 23.4. The summed E-state index contributed by atoms with van der Waals surface area (Å²) in [5.74, 6) is -0.538. The molecule has 2 rings (SSSR count). The van der Waals surface area contributed by atoms with Gasteiger partial charge in [-0.1, -0.05) is 6.42 Å². The highest BCUT2D eigenvalue weighted by Crippen LogP contribution is 2.26. The quantitative estimate of drug-likeness (QED) is 0.749. The van der Waals surface area contributed by atoms with Crippen molar-refractivity contribution < 1.29 is 15.0 Å². The average molecular weight is 255 g/mol. The minimum atomic E-state index is -0.859. The molecule has 1 heterocycles. The molecule has 0 saturated heterocycles. The second kappa shape index (κ2) is 5.62. The van der Waals surface area contributed by atoms with Crippen LogP contribution in [0.2, 0.25) is 0 Å². The molecule has 4 nitrogen and oxygen atoms in total. The first-order valence-corrected chi connectivity index (χ1v) is 6.74. The molecule has 1 saturated carbocycles. The largest absolute Gasteiger partial charge is 0.477 e. The second-order valence-corrected chi connectivity index (χ2v) is 5.36. The van der Waals surface area contributed by atoms with Crippen molar-refractivity contribution in [1.82, 2.24) is 5.32 Å². The Kier molecular flexibility index (Phi) is 4.15. The maximum absolute atomic E-state index is 10.9. The van der Waals surface area contributed by atoms with Gasteiger partial charge in [-0.3, -0.25) is 0 Å². The van der Waals surface area contributed by atoms with E-state index in [9.17, 15) is 9.90 Å². The third-order valence-corrected chi connectivity index (χ3v) is 4.33. The van der Waals surface area contributed by atoms with Crippen LogP contribution in [0.3, 0.4) is 0 Å². The topological polar surface area (TPSA) is 69.6 Å². The van der Waals surface area contributed by atoms with Crippen molar-refractivity contribution in [2.45, 2.75) is 31.8 Å². The first-order chi connectivity index (χ1) is 8.22. The monoisotopic (exact) mass is 255 g/mol. The van der Waals surface area contributed by atoms with Crippen LogP contribution in [0.25, 0.3) is 0 Å². The molecule has 0 bridgehead atoms. The summed E-state index contributed by atoms with van der Waals surface area (Å²) in [5.41, 5.74) is 0.839. The molecule has 3 N–H and O–H groups in total. The zero-order valence-electron chi connectivity index (χ0n) is 9.56. The zero-order valence-corrected chi connectivity index (χ0v) is 10.4. The van der Waals surface area contributed by atoms with Crippen molar-refractivity contribution in [3.8, 4) is 0 Å². The number of hydrogen-bond donors (Lipinski definition) is 3. The lowest BCUT2D eigenvalue weighted by Gasteiger charge is -2.18. The van der Waals surface area contributed by atoms with Gasteiger partial charge >= 0.3 is 5.97 Å². The number of carboxylic acid groups (broad SMARTS) is 1. The fourth-order valence-corrected chi connectivity index (χ4v) is 3.19. The van der Waals surface area contributed by atoms with E-state index >= 15 is 0 Å². The van der Waals surface area contributed by atoms with Gasteiger partial charge in [-0.15, -0.1) is 11.3 Å². The van der Waals surface area contributed by atoms with Gasteiger partial charge < -0.3 is 15.5 Å². The number of carbonyl (C=O) groups is 1. The fraction of sp³-hybridized carbons (Fsp3) is 0.583. The third kappa shape index (κ3) is 2.86. The Balaban J connectivity index is 1.93. The van der Waals surface area contributed by atoms with E-state index in [0.29, 0.717) is 23.4 Å². The van der Waals surface area contributed by atoms with Gasteiger partial charge in [0, 0.05) is 19.2 Å². The molecule has 94 valence electrons. The minimum absolute atomic E-state index is 0.215. The number of carboxylic acids is 1. The third-order valence-electron chi connectivity index (χ3n) is 3.39. The highest BCUT2D eigenvalue weighted by atomic mass is 32.1. The van der Waals surface area contributed by atoms with Crippen molar-refractivity contribution >= 4 is 17.3 Å². The second-order valence-electron chi connectivity index (χ2n) is 4.44. The molecule has 17 heavy (non-hydrogen) atoms. The molecule has 0 aromatic carbocycles. The highest BCUT2D eigenvalue weighted by Gasteiger charge is 2.26. The van der Waals surface area contributed by atoms with Crippen molar-refractivity contribution in [2.24, 2.45) is 5.92 Å². The van der Waals surface area contributed by atoms with Crippen LogP contribution in [-0.2, 0) is 6.54 Å². The van der Waals surface area contributed by atoms with E-state index < -0.39 is 5.97 Å². The molecule has 1 fully saturated rings. The first kappa shape index (κ1) is 12.5. The van der Waals surface area contributed by atoms with E-state index in [-0.39, 0.29) is 6.61 Å². The van der Waals surface area contributed by atoms with Crippen molar-refractivity contribution in [1.29, 1.82) is 0 Å². The van der Waals surface area contributed by atoms with Crippen LogP contribution in [0.15, 0.2) is 11.4 Å². The summed E-state index contributed by atoms with van der Waals surface area (Å²) in [6, 6.07) is 2.17. The number of hydrogen-bond acceptors (Lipinski definition) is 4. The van der Waals surface area contributed by atoms with E-state index in [1.165, 1.54) is 11.3 Å². The Morgan fingerprint density at radius 1 is 1.53 bits per heavy atom. The summed E-state index contributed by atoms with van der Waals surface area (Å²) < 4.78 is 0.